The molecule has 0 radical (unpaired) electrons. The molecule has 0 aliphatic heterocycles. The lowest BCUT2D eigenvalue weighted by atomic mass is 10.0. The number of hydrogen-bond donors (Lipinski definition) is 1. The third-order valence-corrected chi connectivity index (χ3v) is 6.61. The van der Waals surface area contributed by atoms with Crippen molar-refractivity contribution < 1.29 is 14.3 Å². The van der Waals surface area contributed by atoms with Crippen molar-refractivity contribution in [3.63, 3.8) is 0 Å². The van der Waals surface area contributed by atoms with E-state index >= 15 is 0 Å². The van der Waals surface area contributed by atoms with Crippen LogP contribution in [0.3, 0.4) is 0 Å². The molecule has 3 aromatic carbocycles. The van der Waals surface area contributed by atoms with E-state index in [0.29, 0.717) is 17.2 Å². The van der Waals surface area contributed by atoms with E-state index in [1.165, 1.54) is 0 Å². The molecule has 1 N–H and O–H groups in total. The molecule has 0 heterocycles. The van der Waals surface area contributed by atoms with E-state index in [2.05, 4.69) is 5.32 Å². The first-order chi connectivity index (χ1) is 17.4. The number of carbonyl (C=O) groups excluding carboxylic acids is 2. The standard InChI is InChI=1S/C31H37ClN2O3/c1-21-12-14-25(15-13-21)19-34(28(35)20-37-26-16-22(2)29(32)23(3)17-26)27(30(36)33-31(4,5)6)18-24-10-8-7-9-11-24/h7-17,27H,18-20H2,1-6H3,(H,33,36)/t27-/m1/s1. The van der Waals surface area contributed by atoms with Crippen molar-refractivity contribution in [1.82, 2.24) is 10.2 Å². The number of ether oxygens (including phenoxy) is 1. The number of rotatable bonds is 9. The van der Waals surface area contributed by atoms with Crippen molar-refractivity contribution in [2.24, 2.45) is 0 Å². The Kier molecular flexibility index (Phi) is 9.39. The molecule has 37 heavy (non-hydrogen) atoms. The monoisotopic (exact) mass is 520 g/mol. The van der Waals surface area contributed by atoms with Crippen LogP contribution in [0.1, 0.15) is 48.6 Å². The quantitative estimate of drug-likeness (QED) is 0.365. The lowest BCUT2D eigenvalue weighted by Gasteiger charge is -2.33. The van der Waals surface area contributed by atoms with Crippen molar-refractivity contribution in [1.29, 1.82) is 0 Å². The van der Waals surface area contributed by atoms with Gasteiger partial charge in [-0.2, -0.15) is 0 Å². The first-order valence-corrected chi connectivity index (χ1v) is 12.9. The zero-order chi connectivity index (χ0) is 27.2. The minimum atomic E-state index is -0.715. The molecule has 0 aliphatic carbocycles. The van der Waals surface area contributed by atoms with Gasteiger partial charge in [0.05, 0.1) is 0 Å². The predicted octanol–water partition coefficient (Wildman–Crippen LogP) is 6.20. The van der Waals surface area contributed by atoms with Gasteiger partial charge in [0.15, 0.2) is 6.61 Å². The summed E-state index contributed by atoms with van der Waals surface area (Å²) in [5.74, 6) is 0.104. The molecule has 0 saturated heterocycles. The van der Waals surface area contributed by atoms with Gasteiger partial charge in [0.2, 0.25) is 5.91 Å². The lowest BCUT2D eigenvalue weighted by Crippen LogP contribution is -2.55. The maximum Gasteiger partial charge on any atom is 0.261 e. The number of aryl methyl sites for hydroxylation is 3. The van der Waals surface area contributed by atoms with Gasteiger partial charge < -0.3 is 15.0 Å². The van der Waals surface area contributed by atoms with Gasteiger partial charge in [-0.25, -0.2) is 0 Å². The van der Waals surface area contributed by atoms with Gasteiger partial charge in [-0.05, 0) is 75.9 Å². The SMILES string of the molecule is Cc1ccc(CN(C(=O)COc2cc(C)c(Cl)c(C)c2)[C@H](Cc2ccccc2)C(=O)NC(C)(C)C)cc1. The number of halogens is 1. The molecule has 1 atom stereocenters. The van der Waals surface area contributed by atoms with Crippen molar-refractivity contribution in [2.45, 2.75) is 66.1 Å². The average Bonchev–Trinajstić information content (AvgIpc) is 2.83. The number of amides is 2. The first kappa shape index (κ1) is 28.3. The number of nitrogens with zero attached hydrogens (tertiary/aromatic N) is 1. The molecule has 0 unspecified atom stereocenters. The van der Waals surface area contributed by atoms with Crippen LogP contribution in [0, 0.1) is 20.8 Å². The molecule has 0 bridgehead atoms. The number of hydrogen-bond acceptors (Lipinski definition) is 3. The Morgan fingerprint density at radius 3 is 2.08 bits per heavy atom. The Balaban J connectivity index is 1.94. The van der Waals surface area contributed by atoms with E-state index < -0.39 is 11.6 Å². The molecule has 0 spiro atoms. The van der Waals surface area contributed by atoms with Gasteiger partial charge in [-0.1, -0.05) is 71.8 Å². The van der Waals surface area contributed by atoms with Crippen LogP contribution in [0.5, 0.6) is 5.75 Å². The summed E-state index contributed by atoms with van der Waals surface area (Å²) < 4.78 is 5.92. The fourth-order valence-corrected chi connectivity index (χ4v) is 4.22. The van der Waals surface area contributed by atoms with Crippen LogP contribution in [0.4, 0.5) is 0 Å². The maximum atomic E-state index is 13.7. The topological polar surface area (TPSA) is 58.6 Å². The summed E-state index contributed by atoms with van der Waals surface area (Å²) in [7, 11) is 0. The number of benzene rings is 3. The third-order valence-electron chi connectivity index (χ3n) is 6.02. The molecule has 0 fully saturated rings. The first-order valence-electron chi connectivity index (χ1n) is 12.5. The Morgan fingerprint density at radius 1 is 0.919 bits per heavy atom. The molecule has 2 amide bonds. The van der Waals surface area contributed by atoms with Crippen LogP contribution in [0.15, 0.2) is 66.7 Å². The second-order valence-electron chi connectivity index (χ2n) is 10.6. The zero-order valence-electron chi connectivity index (χ0n) is 22.6. The lowest BCUT2D eigenvalue weighted by molar-refractivity contribution is -0.143. The van der Waals surface area contributed by atoms with Crippen molar-refractivity contribution in [3.05, 3.63) is 99.6 Å². The van der Waals surface area contributed by atoms with Gasteiger partial charge in [0, 0.05) is 23.5 Å². The molecule has 3 rings (SSSR count). The van der Waals surface area contributed by atoms with Crippen molar-refractivity contribution in [3.8, 4) is 5.75 Å². The summed E-state index contributed by atoms with van der Waals surface area (Å²) in [4.78, 5) is 28.9. The Morgan fingerprint density at radius 2 is 1.51 bits per heavy atom. The molecular formula is C31H37ClN2O3. The second-order valence-corrected chi connectivity index (χ2v) is 11.0. The van der Waals surface area contributed by atoms with E-state index in [1.807, 2.05) is 108 Å². The van der Waals surface area contributed by atoms with E-state index in [9.17, 15) is 9.59 Å². The van der Waals surface area contributed by atoms with Crippen molar-refractivity contribution >= 4 is 23.4 Å². The highest BCUT2D eigenvalue weighted by Gasteiger charge is 2.32. The van der Waals surface area contributed by atoms with E-state index in [1.54, 1.807) is 4.90 Å². The second kappa shape index (κ2) is 12.3. The molecule has 0 aromatic heterocycles. The number of carbonyl (C=O) groups is 2. The number of nitrogens with one attached hydrogen (secondary N) is 1. The van der Waals surface area contributed by atoms with E-state index in [-0.39, 0.29) is 25.0 Å². The highest BCUT2D eigenvalue weighted by molar-refractivity contribution is 6.32. The fraction of sp³-hybridized carbons (Fsp3) is 0.355. The highest BCUT2D eigenvalue weighted by atomic mass is 35.5. The van der Waals surface area contributed by atoms with Gasteiger partial charge >= 0.3 is 0 Å². The Bertz CT molecular complexity index is 1190. The molecule has 6 heteroatoms. The van der Waals surface area contributed by atoms with Crippen molar-refractivity contribution in [2.75, 3.05) is 6.61 Å². The zero-order valence-corrected chi connectivity index (χ0v) is 23.4. The van der Waals surface area contributed by atoms with Gasteiger partial charge in [0.1, 0.15) is 11.8 Å². The summed E-state index contributed by atoms with van der Waals surface area (Å²) in [6, 6.07) is 20.7. The summed E-state index contributed by atoms with van der Waals surface area (Å²) in [5.41, 5.74) is 4.37. The van der Waals surface area contributed by atoms with Crippen LogP contribution in [-0.4, -0.2) is 34.9 Å². The van der Waals surface area contributed by atoms with Crippen LogP contribution in [0.25, 0.3) is 0 Å². The van der Waals surface area contributed by atoms with Gasteiger partial charge in [-0.15, -0.1) is 0 Å². The maximum absolute atomic E-state index is 13.7. The Labute approximate surface area is 225 Å². The van der Waals surface area contributed by atoms with Crippen LogP contribution < -0.4 is 10.1 Å². The van der Waals surface area contributed by atoms with Crippen LogP contribution >= 0.6 is 11.6 Å². The van der Waals surface area contributed by atoms with E-state index in [0.717, 1.165) is 27.8 Å². The molecule has 3 aromatic rings. The minimum Gasteiger partial charge on any atom is -0.484 e. The van der Waals surface area contributed by atoms with Crippen LogP contribution in [-0.2, 0) is 22.6 Å². The smallest absolute Gasteiger partial charge is 0.261 e. The Hall–Kier alpha value is -3.31. The highest BCUT2D eigenvalue weighted by Crippen LogP contribution is 2.26. The summed E-state index contributed by atoms with van der Waals surface area (Å²) in [6.07, 6.45) is 0.388. The molecule has 196 valence electrons. The van der Waals surface area contributed by atoms with Gasteiger partial charge in [-0.3, -0.25) is 9.59 Å². The predicted molar refractivity (Wildman–Crippen MR) is 150 cm³/mol. The molecule has 0 saturated carbocycles. The fourth-order valence-electron chi connectivity index (χ4n) is 4.11. The normalized spacial score (nSPS) is 12.1. The minimum absolute atomic E-state index is 0.194. The summed E-state index contributed by atoms with van der Waals surface area (Å²) in [6.45, 7) is 11.7. The molecule has 5 nitrogen and oxygen atoms in total. The largest absolute Gasteiger partial charge is 0.484 e. The van der Waals surface area contributed by atoms with Gasteiger partial charge in [0.25, 0.3) is 5.91 Å². The summed E-state index contributed by atoms with van der Waals surface area (Å²) >= 11 is 6.30. The molecular weight excluding hydrogens is 484 g/mol. The van der Waals surface area contributed by atoms with Crippen LogP contribution in [0.2, 0.25) is 5.02 Å². The van der Waals surface area contributed by atoms with E-state index in [4.69, 9.17) is 16.3 Å². The summed E-state index contributed by atoms with van der Waals surface area (Å²) in [5, 5.41) is 3.76. The molecule has 0 aliphatic rings. The third kappa shape index (κ3) is 8.36. The average molecular weight is 521 g/mol.